The first-order valence-corrected chi connectivity index (χ1v) is 11.4. The number of amides is 1. The van der Waals surface area contributed by atoms with Crippen LogP contribution in [0.2, 0.25) is 15.1 Å². The van der Waals surface area contributed by atoms with Gasteiger partial charge < -0.3 is 9.80 Å². The number of benzene rings is 2. The zero-order chi connectivity index (χ0) is 22.8. The van der Waals surface area contributed by atoms with Crippen molar-refractivity contribution in [2.45, 2.75) is 13.3 Å². The van der Waals surface area contributed by atoms with Crippen LogP contribution in [0.3, 0.4) is 0 Å². The highest BCUT2D eigenvalue weighted by Gasteiger charge is 2.23. The summed E-state index contributed by atoms with van der Waals surface area (Å²) in [5, 5.41) is 1.45. The topological polar surface area (TPSA) is 58.4 Å². The maximum absolute atomic E-state index is 13.3. The van der Waals surface area contributed by atoms with Crippen molar-refractivity contribution in [3.8, 4) is 17.1 Å². The highest BCUT2D eigenvalue weighted by Crippen LogP contribution is 2.31. The van der Waals surface area contributed by atoms with Crippen molar-refractivity contribution >= 4 is 46.5 Å². The average molecular weight is 492 g/mol. The Bertz CT molecular complexity index is 1200. The Hall–Kier alpha value is -2.54. The van der Waals surface area contributed by atoms with Gasteiger partial charge in [-0.3, -0.25) is 14.2 Å². The van der Waals surface area contributed by atoms with Crippen molar-refractivity contribution in [2.75, 3.05) is 31.1 Å². The summed E-state index contributed by atoms with van der Waals surface area (Å²) in [6.07, 6.45) is 0.481. The molecule has 32 heavy (non-hydrogen) atoms. The number of rotatable bonds is 4. The van der Waals surface area contributed by atoms with E-state index in [-0.39, 0.29) is 11.5 Å². The molecule has 1 aliphatic heterocycles. The lowest BCUT2D eigenvalue weighted by molar-refractivity contribution is -0.131. The molecular formula is C23H21Cl3N4O2. The molecule has 1 saturated heterocycles. The summed E-state index contributed by atoms with van der Waals surface area (Å²) in [7, 11) is 0. The van der Waals surface area contributed by atoms with Crippen LogP contribution in [0, 0.1) is 0 Å². The maximum Gasteiger partial charge on any atom is 0.260 e. The molecule has 9 heteroatoms. The van der Waals surface area contributed by atoms with Crippen molar-refractivity contribution in [3.63, 3.8) is 0 Å². The van der Waals surface area contributed by atoms with Crippen LogP contribution < -0.4 is 10.5 Å². The molecule has 0 unspecified atom stereocenters. The van der Waals surface area contributed by atoms with Gasteiger partial charge >= 0.3 is 0 Å². The molecule has 0 spiro atoms. The van der Waals surface area contributed by atoms with Gasteiger partial charge in [0.2, 0.25) is 5.91 Å². The van der Waals surface area contributed by atoms with E-state index in [9.17, 15) is 9.59 Å². The van der Waals surface area contributed by atoms with Crippen LogP contribution in [0.15, 0.2) is 53.3 Å². The standard InChI is InChI=1S/C23H21Cl3N4O2/c1-2-21(31)29-11-9-28(10-12-29)20-14-22(32)30(17-6-3-15(24)4-7-17)23(27-20)18-8-5-16(25)13-19(18)26/h3-8,13-14H,2,9-12H2,1H3. The molecular weight excluding hydrogens is 471 g/mol. The lowest BCUT2D eigenvalue weighted by Gasteiger charge is -2.35. The van der Waals surface area contributed by atoms with Gasteiger partial charge in [0.1, 0.15) is 5.82 Å². The number of aromatic nitrogens is 2. The second kappa shape index (κ2) is 9.53. The fraction of sp³-hybridized carbons (Fsp3) is 0.261. The van der Waals surface area contributed by atoms with Crippen molar-refractivity contribution in [2.24, 2.45) is 0 Å². The summed E-state index contributed by atoms with van der Waals surface area (Å²) >= 11 is 18.6. The highest BCUT2D eigenvalue weighted by atomic mass is 35.5. The Morgan fingerprint density at radius 1 is 0.938 bits per heavy atom. The van der Waals surface area contributed by atoms with Gasteiger partial charge in [-0.1, -0.05) is 41.7 Å². The predicted octanol–water partition coefficient (Wildman–Crippen LogP) is 4.92. The normalized spacial score (nSPS) is 14.0. The minimum absolute atomic E-state index is 0.129. The first-order chi connectivity index (χ1) is 15.4. The summed E-state index contributed by atoms with van der Waals surface area (Å²) in [5.41, 5.74) is 0.966. The second-order valence-corrected chi connectivity index (χ2v) is 8.71. The van der Waals surface area contributed by atoms with Crippen LogP contribution in [-0.4, -0.2) is 46.5 Å². The molecule has 3 aromatic rings. The van der Waals surface area contributed by atoms with Gasteiger partial charge in [0.25, 0.3) is 5.56 Å². The lowest BCUT2D eigenvalue weighted by Crippen LogP contribution is -2.49. The first kappa shape index (κ1) is 22.6. The zero-order valence-corrected chi connectivity index (χ0v) is 19.7. The Morgan fingerprint density at radius 2 is 1.59 bits per heavy atom. The molecule has 1 aromatic heterocycles. The van der Waals surface area contributed by atoms with Crippen molar-refractivity contribution < 1.29 is 4.79 Å². The van der Waals surface area contributed by atoms with E-state index in [1.54, 1.807) is 42.5 Å². The monoisotopic (exact) mass is 490 g/mol. The molecule has 0 saturated carbocycles. The third-order valence-electron chi connectivity index (χ3n) is 5.42. The van der Waals surface area contributed by atoms with E-state index in [1.807, 2.05) is 16.7 Å². The fourth-order valence-corrected chi connectivity index (χ4v) is 4.35. The first-order valence-electron chi connectivity index (χ1n) is 10.3. The Kier molecular flexibility index (Phi) is 6.74. The van der Waals surface area contributed by atoms with Crippen LogP contribution in [0.25, 0.3) is 17.1 Å². The van der Waals surface area contributed by atoms with E-state index >= 15 is 0 Å². The van der Waals surface area contributed by atoms with Crippen LogP contribution in [0.4, 0.5) is 5.82 Å². The molecule has 0 atom stereocenters. The Morgan fingerprint density at radius 3 is 2.22 bits per heavy atom. The van der Waals surface area contributed by atoms with Gasteiger partial charge in [-0.25, -0.2) is 4.98 Å². The van der Waals surface area contributed by atoms with Gasteiger partial charge in [-0.05, 0) is 42.5 Å². The number of carbonyl (C=O) groups is 1. The van der Waals surface area contributed by atoms with Crippen molar-refractivity contribution in [1.82, 2.24) is 14.5 Å². The fourth-order valence-electron chi connectivity index (χ4n) is 3.73. The number of nitrogens with zero attached hydrogens (tertiary/aromatic N) is 4. The molecule has 1 aliphatic rings. The van der Waals surface area contributed by atoms with E-state index in [0.29, 0.717) is 70.6 Å². The lowest BCUT2D eigenvalue weighted by atomic mass is 10.2. The molecule has 2 heterocycles. The van der Waals surface area contributed by atoms with E-state index < -0.39 is 0 Å². The van der Waals surface area contributed by atoms with Gasteiger partial charge in [-0.15, -0.1) is 0 Å². The summed E-state index contributed by atoms with van der Waals surface area (Å²) in [6.45, 7) is 4.22. The van der Waals surface area contributed by atoms with Gasteiger partial charge in [0.05, 0.1) is 10.7 Å². The highest BCUT2D eigenvalue weighted by molar-refractivity contribution is 6.36. The summed E-state index contributed by atoms with van der Waals surface area (Å²) in [4.78, 5) is 34.0. The van der Waals surface area contributed by atoms with Crippen molar-refractivity contribution in [3.05, 3.63) is 74.0 Å². The number of carbonyl (C=O) groups excluding carboxylic acids is 1. The SMILES string of the molecule is CCC(=O)N1CCN(c2cc(=O)n(-c3ccc(Cl)cc3)c(-c3ccc(Cl)cc3Cl)n2)CC1. The summed E-state index contributed by atoms with van der Waals surface area (Å²) < 4.78 is 1.51. The van der Waals surface area contributed by atoms with Crippen molar-refractivity contribution in [1.29, 1.82) is 0 Å². The molecule has 6 nitrogen and oxygen atoms in total. The molecule has 1 amide bonds. The maximum atomic E-state index is 13.3. The third-order valence-corrected chi connectivity index (χ3v) is 6.22. The number of hydrogen-bond donors (Lipinski definition) is 0. The molecule has 1 fully saturated rings. The molecule has 166 valence electrons. The van der Waals surface area contributed by atoms with E-state index in [1.165, 1.54) is 10.6 Å². The van der Waals surface area contributed by atoms with Gasteiger partial charge in [0.15, 0.2) is 5.82 Å². The summed E-state index contributed by atoms with van der Waals surface area (Å²) in [6, 6.07) is 13.5. The van der Waals surface area contributed by atoms with E-state index in [4.69, 9.17) is 39.8 Å². The van der Waals surface area contributed by atoms with Crippen LogP contribution >= 0.6 is 34.8 Å². The quantitative estimate of drug-likeness (QED) is 0.520. The third kappa shape index (κ3) is 4.63. The van der Waals surface area contributed by atoms with Crippen LogP contribution in [-0.2, 0) is 4.79 Å². The molecule has 0 radical (unpaired) electrons. The molecule has 2 aromatic carbocycles. The molecule has 4 rings (SSSR count). The van der Waals surface area contributed by atoms with Gasteiger partial charge in [0, 0.05) is 54.3 Å². The second-order valence-electron chi connectivity index (χ2n) is 7.43. The molecule has 0 N–H and O–H groups in total. The minimum Gasteiger partial charge on any atom is -0.353 e. The van der Waals surface area contributed by atoms with Crippen LogP contribution in [0.1, 0.15) is 13.3 Å². The van der Waals surface area contributed by atoms with Gasteiger partial charge in [-0.2, -0.15) is 0 Å². The number of anilines is 1. The number of halogens is 3. The summed E-state index contributed by atoms with van der Waals surface area (Å²) in [5.74, 6) is 1.08. The zero-order valence-electron chi connectivity index (χ0n) is 17.4. The average Bonchev–Trinajstić information content (AvgIpc) is 2.79. The predicted molar refractivity (Wildman–Crippen MR) is 129 cm³/mol. The number of piperazine rings is 1. The Balaban J connectivity index is 1.80. The molecule has 0 aliphatic carbocycles. The van der Waals surface area contributed by atoms with E-state index in [0.717, 1.165) is 0 Å². The Labute approximate surface area is 200 Å². The van der Waals surface area contributed by atoms with E-state index in [2.05, 4.69) is 0 Å². The largest absolute Gasteiger partial charge is 0.353 e. The number of hydrogen-bond acceptors (Lipinski definition) is 4. The smallest absolute Gasteiger partial charge is 0.260 e. The minimum atomic E-state index is -0.245. The van der Waals surface area contributed by atoms with Crippen LogP contribution in [0.5, 0.6) is 0 Å². The molecule has 0 bridgehead atoms.